The van der Waals surface area contributed by atoms with Gasteiger partial charge in [-0.1, -0.05) is 6.07 Å². The maximum Gasteiger partial charge on any atom is 0.266 e. The van der Waals surface area contributed by atoms with Crippen LogP contribution < -0.4 is 15.1 Å². The number of anilines is 1. The molecule has 2 fully saturated rings. The topological polar surface area (TPSA) is 52.9 Å². The number of aryl methyl sites for hydroxylation is 1. The van der Waals surface area contributed by atoms with Crippen LogP contribution in [-0.4, -0.2) is 56.1 Å². The molecule has 8 heteroatoms. The predicted molar refractivity (Wildman–Crippen MR) is 112 cm³/mol. The second-order valence-electron chi connectivity index (χ2n) is 8.47. The van der Waals surface area contributed by atoms with Crippen molar-refractivity contribution in [2.24, 2.45) is 0 Å². The van der Waals surface area contributed by atoms with Crippen molar-refractivity contribution in [3.8, 4) is 17.1 Å². The van der Waals surface area contributed by atoms with Gasteiger partial charge in [0.2, 0.25) is 0 Å². The summed E-state index contributed by atoms with van der Waals surface area (Å²) in [6.45, 7) is 4.50. The molecule has 0 amide bonds. The van der Waals surface area contributed by atoms with Gasteiger partial charge in [-0.05, 0) is 31.0 Å². The van der Waals surface area contributed by atoms with Gasteiger partial charge in [-0.25, -0.2) is 8.78 Å². The number of hydrogen-bond donors (Lipinski definition) is 0. The Hall–Kier alpha value is -2.45. The SMILES string of the molecule is Cc1c2n(c(OCC3COCCO3)cc1=O)CCc1cc(N3CCC(F)(F)C3)ccc1-2. The lowest BCUT2D eigenvalue weighted by molar-refractivity contribution is -0.102. The van der Waals surface area contributed by atoms with Crippen molar-refractivity contribution in [2.75, 3.05) is 44.4 Å². The van der Waals surface area contributed by atoms with Crippen molar-refractivity contribution in [1.29, 1.82) is 0 Å². The van der Waals surface area contributed by atoms with Crippen LogP contribution in [-0.2, 0) is 22.4 Å². The Morgan fingerprint density at radius 1 is 1.23 bits per heavy atom. The molecule has 2 saturated heterocycles. The van der Waals surface area contributed by atoms with Crippen LogP contribution >= 0.6 is 0 Å². The summed E-state index contributed by atoms with van der Waals surface area (Å²) in [6.07, 6.45) is 0.471. The van der Waals surface area contributed by atoms with E-state index in [4.69, 9.17) is 14.2 Å². The van der Waals surface area contributed by atoms with Gasteiger partial charge < -0.3 is 23.7 Å². The Kier molecular flexibility index (Phi) is 5.22. The highest BCUT2D eigenvalue weighted by Gasteiger charge is 2.38. The standard InChI is InChI=1S/C23H26F2N2O4/c1-15-20(28)11-21(31-13-18-12-29-8-9-30-18)27-6-4-16-10-17(2-3-19(16)22(15)27)26-7-5-23(24,25)14-26/h2-3,10-11,18H,4-9,12-14H2,1H3. The second-order valence-corrected chi connectivity index (χ2v) is 8.47. The van der Waals surface area contributed by atoms with Gasteiger partial charge in [0.1, 0.15) is 12.7 Å². The quantitative estimate of drug-likeness (QED) is 0.744. The van der Waals surface area contributed by atoms with E-state index in [0.29, 0.717) is 51.0 Å². The van der Waals surface area contributed by atoms with Crippen molar-refractivity contribution >= 4 is 5.69 Å². The van der Waals surface area contributed by atoms with E-state index in [1.165, 1.54) is 6.07 Å². The number of pyridine rings is 1. The molecule has 0 radical (unpaired) electrons. The Morgan fingerprint density at radius 3 is 2.84 bits per heavy atom. The van der Waals surface area contributed by atoms with Crippen molar-refractivity contribution in [2.45, 2.75) is 38.3 Å². The summed E-state index contributed by atoms with van der Waals surface area (Å²) < 4.78 is 46.4. The number of hydrogen-bond acceptors (Lipinski definition) is 5. The number of halogens is 2. The lowest BCUT2D eigenvalue weighted by Gasteiger charge is -2.29. The third kappa shape index (κ3) is 3.94. The highest BCUT2D eigenvalue weighted by molar-refractivity contribution is 5.72. The molecule has 1 aromatic heterocycles. The minimum Gasteiger partial charge on any atom is -0.476 e. The molecule has 5 rings (SSSR count). The maximum atomic E-state index is 13.7. The van der Waals surface area contributed by atoms with E-state index in [1.807, 2.05) is 29.7 Å². The lowest BCUT2D eigenvalue weighted by Crippen LogP contribution is -2.34. The molecule has 0 bridgehead atoms. The summed E-state index contributed by atoms with van der Waals surface area (Å²) in [5.74, 6) is -2.11. The van der Waals surface area contributed by atoms with E-state index >= 15 is 0 Å². The fraction of sp³-hybridized carbons (Fsp3) is 0.522. The number of rotatable bonds is 4. The first-order valence-electron chi connectivity index (χ1n) is 10.7. The lowest BCUT2D eigenvalue weighted by atomic mass is 9.94. The highest BCUT2D eigenvalue weighted by Crippen LogP contribution is 2.38. The maximum absolute atomic E-state index is 13.7. The fourth-order valence-electron chi connectivity index (χ4n) is 4.63. The molecule has 6 nitrogen and oxygen atoms in total. The molecule has 2 aromatic rings. The minimum atomic E-state index is -2.63. The zero-order valence-electron chi connectivity index (χ0n) is 17.5. The number of alkyl halides is 2. The number of aromatic nitrogens is 1. The van der Waals surface area contributed by atoms with Crippen LogP contribution in [0.4, 0.5) is 14.5 Å². The first-order valence-corrected chi connectivity index (χ1v) is 10.7. The average molecular weight is 432 g/mol. The minimum absolute atomic E-state index is 0.0850. The summed E-state index contributed by atoms with van der Waals surface area (Å²) in [6, 6.07) is 7.35. The van der Waals surface area contributed by atoms with Crippen LogP contribution in [0.1, 0.15) is 17.5 Å². The Bertz CT molecular complexity index is 1050. The monoisotopic (exact) mass is 432 g/mol. The van der Waals surface area contributed by atoms with Crippen molar-refractivity contribution in [3.63, 3.8) is 0 Å². The van der Waals surface area contributed by atoms with Gasteiger partial charge in [-0.2, -0.15) is 0 Å². The molecule has 1 unspecified atom stereocenters. The summed E-state index contributed by atoms with van der Waals surface area (Å²) in [7, 11) is 0. The molecule has 1 aromatic carbocycles. The molecule has 3 aliphatic rings. The summed E-state index contributed by atoms with van der Waals surface area (Å²) in [4.78, 5) is 14.4. The summed E-state index contributed by atoms with van der Waals surface area (Å²) in [5.41, 5.74) is 4.24. The Morgan fingerprint density at radius 2 is 2.10 bits per heavy atom. The molecule has 4 heterocycles. The van der Waals surface area contributed by atoms with Crippen molar-refractivity contribution in [1.82, 2.24) is 4.57 Å². The molecular formula is C23H26F2N2O4. The zero-order chi connectivity index (χ0) is 21.6. The first-order chi connectivity index (χ1) is 14.9. The van der Waals surface area contributed by atoms with Gasteiger partial charge >= 0.3 is 0 Å². The Labute approximate surface area is 179 Å². The van der Waals surface area contributed by atoms with Gasteiger partial charge in [0.15, 0.2) is 11.3 Å². The number of benzene rings is 1. The third-order valence-electron chi connectivity index (χ3n) is 6.30. The highest BCUT2D eigenvalue weighted by atomic mass is 19.3. The summed E-state index contributed by atoms with van der Waals surface area (Å²) in [5, 5.41) is 0. The number of fused-ring (bicyclic) bond motifs is 3. The Balaban J connectivity index is 1.45. The van der Waals surface area contributed by atoms with Crippen molar-refractivity contribution in [3.05, 3.63) is 45.6 Å². The van der Waals surface area contributed by atoms with Crippen LogP contribution in [0.5, 0.6) is 5.88 Å². The third-order valence-corrected chi connectivity index (χ3v) is 6.30. The second kappa shape index (κ2) is 7.91. The van der Waals surface area contributed by atoms with Gasteiger partial charge in [0.05, 0.1) is 32.1 Å². The van der Waals surface area contributed by atoms with Crippen LogP contribution in [0.25, 0.3) is 11.3 Å². The summed E-state index contributed by atoms with van der Waals surface area (Å²) >= 11 is 0. The van der Waals surface area contributed by atoms with Crippen LogP contribution in [0.3, 0.4) is 0 Å². The number of ether oxygens (including phenoxy) is 3. The van der Waals surface area contributed by atoms with Gasteiger partial charge in [0.25, 0.3) is 5.92 Å². The number of nitrogens with zero attached hydrogens (tertiary/aromatic N) is 2. The van der Waals surface area contributed by atoms with Gasteiger partial charge in [0, 0.05) is 42.4 Å². The van der Waals surface area contributed by atoms with Crippen LogP contribution in [0.2, 0.25) is 0 Å². The van der Waals surface area contributed by atoms with Crippen LogP contribution in [0, 0.1) is 6.92 Å². The molecular weight excluding hydrogens is 406 g/mol. The molecule has 0 spiro atoms. The average Bonchev–Trinajstić information content (AvgIpc) is 3.14. The van der Waals surface area contributed by atoms with Crippen molar-refractivity contribution < 1.29 is 23.0 Å². The molecule has 3 aliphatic heterocycles. The molecule has 166 valence electrons. The van der Waals surface area contributed by atoms with E-state index in [1.54, 1.807) is 4.90 Å². The van der Waals surface area contributed by atoms with E-state index < -0.39 is 5.92 Å². The first kappa shape index (κ1) is 20.5. The molecule has 1 atom stereocenters. The van der Waals surface area contributed by atoms with E-state index in [2.05, 4.69) is 0 Å². The van der Waals surface area contributed by atoms with E-state index in [-0.39, 0.29) is 24.5 Å². The van der Waals surface area contributed by atoms with Gasteiger partial charge in [-0.15, -0.1) is 0 Å². The molecule has 0 N–H and O–H groups in total. The largest absolute Gasteiger partial charge is 0.476 e. The smallest absolute Gasteiger partial charge is 0.266 e. The fourth-order valence-corrected chi connectivity index (χ4v) is 4.63. The van der Waals surface area contributed by atoms with Crippen LogP contribution in [0.15, 0.2) is 29.1 Å². The molecule has 0 aliphatic carbocycles. The van der Waals surface area contributed by atoms with E-state index in [9.17, 15) is 13.6 Å². The molecule has 31 heavy (non-hydrogen) atoms. The van der Waals surface area contributed by atoms with E-state index in [0.717, 1.165) is 28.9 Å². The van der Waals surface area contributed by atoms with Gasteiger partial charge in [-0.3, -0.25) is 4.79 Å². The predicted octanol–water partition coefficient (Wildman–Crippen LogP) is 3.02. The molecule has 0 saturated carbocycles. The normalized spacial score (nSPS) is 22.2. The zero-order valence-corrected chi connectivity index (χ0v) is 17.5.